The number of likely N-dealkylation sites (tertiary alicyclic amines) is 1. The Labute approximate surface area is 144 Å². The molecule has 5 heteroatoms. The van der Waals surface area contributed by atoms with Gasteiger partial charge in [0.05, 0.1) is 0 Å². The topological polar surface area (TPSA) is 52.6 Å². The fourth-order valence-electron chi connectivity index (χ4n) is 3.50. The van der Waals surface area contributed by atoms with E-state index in [2.05, 4.69) is 17.3 Å². The van der Waals surface area contributed by atoms with Crippen LogP contribution in [0.25, 0.3) is 0 Å². The van der Waals surface area contributed by atoms with Crippen LogP contribution in [-0.4, -0.2) is 48.2 Å². The van der Waals surface area contributed by atoms with Crippen molar-refractivity contribution in [2.75, 3.05) is 26.7 Å². The van der Waals surface area contributed by atoms with Gasteiger partial charge in [-0.2, -0.15) is 0 Å². The summed E-state index contributed by atoms with van der Waals surface area (Å²) in [5.74, 6) is -0.0708. The van der Waals surface area contributed by atoms with Gasteiger partial charge in [-0.15, -0.1) is 0 Å². The maximum absolute atomic E-state index is 13.2. The average molecular weight is 336 g/mol. The molecule has 2 rings (SSSR count). The van der Waals surface area contributed by atoms with Crippen LogP contribution in [0.2, 0.25) is 0 Å². The first-order valence-electron chi connectivity index (χ1n) is 8.77. The van der Waals surface area contributed by atoms with Crippen LogP contribution in [-0.2, 0) is 11.2 Å². The van der Waals surface area contributed by atoms with Gasteiger partial charge in [-0.3, -0.25) is 4.79 Å². The van der Waals surface area contributed by atoms with Gasteiger partial charge in [0.2, 0.25) is 5.91 Å². The molecule has 0 bridgehead atoms. The van der Waals surface area contributed by atoms with Crippen LogP contribution in [0, 0.1) is 11.7 Å². The summed E-state index contributed by atoms with van der Waals surface area (Å²) >= 11 is 0. The third-order valence-electron chi connectivity index (χ3n) is 4.95. The zero-order valence-corrected chi connectivity index (χ0v) is 14.7. The van der Waals surface area contributed by atoms with Crippen molar-refractivity contribution >= 4 is 5.91 Å². The lowest BCUT2D eigenvalue weighted by Crippen LogP contribution is -2.55. The predicted octanol–water partition coefficient (Wildman–Crippen LogP) is 2.36. The minimum atomic E-state index is -0.281. The van der Waals surface area contributed by atoms with Crippen molar-refractivity contribution in [2.24, 2.45) is 5.92 Å². The molecular formula is C19H29FN2O2. The fourth-order valence-corrected chi connectivity index (χ4v) is 3.50. The number of carbonyl (C=O) groups excluding carboxylic acids is 1. The number of piperidine rings is 1. The second-order valence-electron chi connectivity index (χ2n) is 7.25. The monoisotopic (exact) mass is 336 g/mol. The number of hydrogen-bond acceptors (Lipinski definition) is 3. The molecule has 1 aromatic rings. The highest BCUT2D eigenvalue weighted by atomic mass is 19.1. The Morgan fingerprint density at radius 3 is 2.75 bits per heavy atom. The molecule has 1 aliphatic heterocycles. The van der Waals surface area contributed by atoms with E-state index in [1.807, 2.05) is 13.0 Å². The molecule has 1 saturated heterocycles. The molecule has 4 nitrogen and oxygen atoms in total. The number of amides is 1. The molecule has 0 radical (unpaired) electrons. The van der Waals surface area contributed by atoms with Crippen LogP contribution in [0.4, 0.5) is 4.39 Å². The highest BCUT2D eigenvalue weighted by Gasteiger charge is 2.34. The summed E-state index contributed by atoms with van der Waals surface area (Å²) in [6.45, 7) is 3.96. The Balaban J connectivity index is 1.88. The molecule has 1 aromatic carbocycles. The Hall–Kier alpha value is -1.46. The van der Waals surface area contributed by atoms with Gasteiger partial charge in [0, 0.05) is 31.7 Å². The lowest BCUT2D eigenvalue weighted by Gasteiger charge is -2.41. The molecule has 1 aliphatic rings. The van der Waals surface area contributed by atoms with E-state index in [-0.39, 0.29) is 29.8 Å². The first-order chi connectivity index (χ1) is 11.4. The number of halogens is 1. The van der Waals surface area contributed by atoms with E-state index in [1.54, 1.807) is 6.07 Å². The fraction of sp³-hybridized carbons (Fsp3) is 0.632. The molecule has 0 aromatic heterocycles. The van der Waals surface area contributed by atoms with E-state index in [1.165, 1.54) is 12.1 Å². The van der Waals surface area contributed by atoms with Crippen LogP contribution in [0.1, 0.15) is 38.2 Å². The second kappa shape index (κ2) is 8.58. The Bertz CT molecular complexity index is 542. The maximum Gasteiger partial charge on any atom is 0.220 e. The normalized spacial score (nSPS) is 19.0. The third kappa shape index (κ3) is 5.56. The summed E-state index contributed by atoms with van der Waals surface area (Å²) in [4.78, 5) is 14.7. The van der Waals surface area contributed by atoms with Crippen molar-refractivity contribution in [2.45, 2.75) is 44.6 Å². The summed E-state index contributed by atoms with van der Waals surface area (Å²) in [5, 5.41) is 12.5. The molecule has 1 atom stereocenters. The van der Waals surface area contributed by atoms with Gasteiger partial charge in [0.1, 0.15) is 5.82 Å². The zero-order chi connectivity index (χ0) is 17.6. The molecule has 0 spiro atoms. The van der Waals surface area contributed by atoms with Gasteiger partial charge >= 0.3 is 0 Å². The van der Waals surface area contributed by atoms with Gasteiger partial charge in [-0.1, -0.05) is 19.1 Å². The van der Waals surface area contributed by atoms with Crippen LogP contribution < -0.4 is 5.32 Å². The summed E-state index contributed by atoms with van der Waals surface area (Å²) in [5.41, 5.74) is 0.636. The van der Waals surface area contributed by atoms with E-state index in [0.717, 1.165) is 31.5 Å². The van der Waals surface area contributed by atoms with Crippen molar-refractivity contribution in [3.05, 3.63) is 35.6 Å². The number of nitrogens with zero attached hydrogens (tertiary/aromatic N) is 1. The van der Waals surface area contributed by atoms with E-state index in [0.29, 0.717) is 19.3 Å². The minimum Gasteiger partial charge on any atom is -0.396 e. The summed E-state index contributed by atoms with van der Waals surface area (Å²) in [6, 6.07) is 6.55. The summed E-state index contributed by atoms with van der Waals surface area (Å²) in [7, 11) is 2.08. The van der Waals surface area contributed by atoms with Gasteiger partial charge < -0.3 is 15.3 Å². The number of aliphatic hydroxyl groups is 1. The van der Waals surface area contributed by atoms with E-state index < -0.39 is 0 Å². The predicted molar refractivity (Wildman–Crippen MR) is 93.2 cm³/mol. The molecule has 2 N–H and O–H groups in total. The van der Waals surface area contributed by atoms with Gasteiger partial charge in [-0.25, -0.2) is 4.39 Å². The quantitative estimate of drug-likeness (QED) is 0.804. The highest BCUT2D eigenvalue weighted by molar-refractivity contribution is 5.77. The highest BCUT2D eigenvalue weighted by Crippen LogP contribution is 2.25. The van der Waals surface area contributed by atoms with E-state index in [9.17, 15) is 14.3 Å². The van der Waals surface area contributed by atoms with Crippen molar-refractivity contribution in [1.82, 2.24) is 10.2 Å². The van der Waals surface area contributed by atoms with E-state index >= 15 is 0 Å². The van der Waals surface area contributed by atoms with Crippen molar-refractivity contribution in [3.8, 4) is 0 Å². The van der Waals surface area contributed by atoms with Crippen LogP contribution in [0.15, 0.2) is 24.3 Å². The maximum atomic E-state index is 13.2. The summed E-state index contributed by atoms with van der Waals surface area (Å²) in [6.07, 6.45) is 3.44. The van der Waals surface area contributed by atoms with Crippen LogP contribution >= 0.6 is 0 Å². The number of rotatable bonds is 7. The van der Waals surface area contributed by atoms with Crippen LogP contribution in [0.5, 0.6) is 0 Å². The lowest BCUT2D eigenvalue weighted by atomic mass is 9.84. The number of nitrogens with one attached hydrogen (secondary N) is 1. The molecule has 0 saturated carbocycles. The average Bonchev–Trinajstić information content (AvgIpc) is 2.50. The smallest absolute Gasteiger partial charge is 0.220 e. The molecule has 1 unspecified atom stereocenters. The molecular weight excluding hydrogens is 307 g/mol. The first kappa shape index (κ1) is 18.9. The standard InChI is InChI=1S/C19H29FN2O2/c1-15(12-16-4-3-5-17(20)14-16)13-18(24)21-19(8-11-23)6-9-22(2)10-7-19/h3-5,14-15,23H,6-13H2,1-2H3,(H,21,24). The van der Waals surface area contributed by atoms with Gasteiger partial charge in [0.25, 0.3) is 0 Å². The molecule has 24 heavy (non-hydrogen) atoms. The number of hydrogen-bond donors (Lipinski definition) is 2. The van der Waals surface area contributed by atoms with Crippen LogP contribution in [0.3, 0.4) is 0 Å². The van der Waals surface area contributed by atoms with Crippen molar-refractivity contribution < 1.29 is 14.3 Å². The number of benzene rings is 1. The Morgan fingerprint density at radius 2 is 2.12 bits per heavy atom. The minimum absolute atomic E-state index is 0.0249. The lowest BCUT2D eigenvalue weighted by molar-refractivity contribution is -0.124. The Kier molecular flexibility index (Phi) is 6.75. The largest absolute Gasteiger partial charge is 0.396 e. The zero-order valence-electron chi connectivity index (χ0n) is 14.7. The number of aliphatic hydroxyl groups excluding tert-OH is 1. The van der Waals surface area contributed by atoms with Crippen molar-refractivity contribution in [3.63, 3.8) is 0 Å². The molecule has 1 heterocycles. The van der Waals surface area contributed by atoms with E-state index in [4.69, 9.17) is 0 Å². The third-order valence-corrected chi connectivity index (χ3v) is 4.95. The van der Waals surface area contributed by atoms with Gasteiger partial charge in [-0.05, 0) is 56.3 Å². The Morgan fingerprint density at radius 1 is 1.42 bits per heavy atom. The first-order valence-corrected chi connectivity index (χ1v) is 8.77. The van der Waals surface area contributed by atoms with Crippen molar-refractivity contribution in [1.29, 1.82) is 0 Å². The van der Waals surface area contributed by atoms with Gasteiger partial charge in [0.15, 0.2) is 0 Å². The second-order valence-corrected chi connectivity index (χ2v) is 7.25. The SMILES string of the molecule is CC(CC(=O)NC1(CCO)CCN(C)CC1)Cc1cccc(F)c1. The molecule has 134 valence electrons. The molecule has 1 fully saturated rings. The summed E-state index contributed by atoms with van der Waals surface area (Å²) < 4.78 is 13.2. The number of carbonyl (C=O) groups is 1. The molecule has 1 amide bonds. The molecule has 0 aliphatic carbocycles.